The fraction of sp³-hybridized carbons (Fsp3) is 0.483. The Kier molecular flexibility index (Phi) is 7.24. The van der Waals surface area contributed by atoms with Crippen LogP contribution in [0.5, 0.6) is 0 Å². The molecule has 37 heavy (non-hydrogen) atoms. The predicted octanol–water partition coefficient (Wildman–Crippen LogP) is 5.97. The average Bonchev–Trinajstić information content (AvgIpc) is 3.49. The maximum absolute atomic E-state index is 13.8. The van der Waals surface area contributed by atoms with E-state index in [1.54, 1.807) is 28.0 Å². The minimum atomic E-state index is -0.249. The number of thiophene rings is 1. The largest absolute Gasteiger partial charge is 0.341 e. The van der Waals surface area contributed by atoms with Gasteiger partial charge in [0, 0.05) is 28.9 Å². The molecular weight excluding hydrogens is 500 g/mol. The third-order valence-corrected chi connectivity index (χ3v) is 9.60. The van der Waals surface area contributed by atoms with Gasteiger partial charge in [-0.1, -0.05) is 45.9 Å². The standard InChI is InChI=1S/C29H36N4O2S2/c1-19-11-13-31(14-12-19)23(34)17-32-24(35)18-37-26(22-10-7-15-36-22)25-27(29(3,4)5)30-33(28(25)32)21-9-6-8-20(2)16-21/h6-10,15-16,19,26H,11-14,17-18H2,1-5H3/t26-/m0/s1. The number of nitrogens with zero attached hydrogens (tertiary/aromatic N) is 4. The van der Waals surface area contributed by atoms with Crippen molar-refractivity contribution in [2.24, 2.45) is 5.92 Å². The Morgan fingerprint density at radius 3 is 2.54 bits per heavy atom. The second kappa shape index (κ2) is 10.3. The van der Waals surface area contributed by atoms with Gasteiger partial charge >= 0.3 is 0 Å². The number of anilines is 1. The molecule has 0 radical (unpaired) electrons. The van der Waals surface area contributed by atoms with E-state index in [1.807, 2.05) is 21.7 Å². The van der Waals surface area contributed by atoms with Gasteiger partial charge in [-0.2, -0.15) is 5.10 Å². The van der Waals surface area contributed by atoms with Crippen molar-refractivity contribution in [1.29, 1.82) is 0 Å². The first kappa shape index (κ1) is 26.0. The first-order chi connectivity index (χ1) is 17.6. The molecule has 1 saturated heterocycles. The molecule has 5 rings (SSSR count). The molecule has 1 atom stereocenters. The summed E-state index contributed by atoms with van der Waals surface area (Å²) in [5.74, 6) is 1.66. The van der Waals surface area contributed by atoms with Gasteiger partial charge in [0.25, 0.3) is 0 Å². The molecule has 4 heterocycles. The molecule has 0 aliphatic carbocycles. The van der Waals surface area contributed by atoms with Crippen molar-refractivity contribution < 1.29 is 9.59 Å². The van der Waals surface area contributed by atoms with Crippen molar-refractivity contribution in [1.82, 2.24) is 14.7 Å². The number of rotatable bonds is 4. The first-order valence-electron chi connectivity index (χ1n) is 13.1. The molecule has 0 saturated carbocycles. The normalized spacial score (nSPS) is 19.2. The number of piperidine rings is 1. The van der Waals surface area contributed by atoms with Gasteiger partial charge in [-0.3, -0.25) is 14.5 Å². The smallest absolute Gasteiger partial charge is 0.242 e. The number of aryl methyl sites for hydroxylation is 1. The number of carbonyl (C=O) groups is 2. The lowest BCUT2D eigenvalue weighted by Gasteiger charge is -2.32. The molecule has 196 valence electrons. The summed E-state index contributed by atoms with van der Waals surface area (Å²) in [7, 11) is 0. The van der Waals surface area contributed by atoms with E-state index in [2.05, 4.69) is 64.3 Å². The van der Waals surface area contributed by atoms with Crippen LogP contribution in [0.15, 0.2) is 41.8 Å². The van der Waals surface area contributed by atoms with E-state index >= 15 is 0 Å². The third-order valence-electron chi connectivity index (χ3n) is 7.28. The van der Waals surface area contributed by atoms with E-state index < -0.39 is 0 Å². The maximum atomic E-state index is 13.8. The monoisotopic (exact) mass is 536 g/mol. The lowest BCUT2D eigenvalue weighted by Crippen LogP contribution is -2.46. The summed E-state index contributed by atoms with van der Waals surface area (Å²) < 4.78 is 1.92. The van der Waals surface area contributed by atoms with Crippen molar-refractivity contribution >= 4 is 40.7 Å². The van der Waals surface area contributed by atoms with Crippen LogP contribution in [0.25, 0.3) is 5.69 Å². The van der Waals surface area contributed by atoms with E-state index in [1.165, 1.54) is 4.88 Å². The Hall–Kier alpha value is -2.58. The minimum Gasteiger partial charge on any atom is -0.341 e. The molecule has 6 nitrogen and oxygen atoms in total. The molecule has 2 aliphatic rings. The highest BCUT2D eigenvalue weighted by atomic mass is 32.2. The average molecular weight is 537 g/mol. The zero-order valence-corrected chi connectivity index (χ0v) is 24.0. The van der Waals surface area contributed by atoms with Gasteiger partial charge in [0.15, 0.2) is 0 Å². The van der Waals surface area contributed by atoms with E-state index in [0.29, 0.717) is 11.7 Å². The summed E-state index contributed by atoms with van der Waals surface area (Å²) in [6, 6.07) is 12.4. The van der Waals surface area contributed by atoms with Gasteiger partial charge in [0.1, 0.15) is 12.4 Å². The van der Waals surface area contributed by atoms with Crippen molar-refractivity contribution in [2.45, 2.75) is 58.1 Å². The molecule has 2 aromatic heterocycles. The number of carbonyl (C=O) groups excluding carboxylic acids is 2. The molecule has 2 aliphatic heterocycles. The van der Waals surface area contributed by atoms with Gasteiger partial charge in [0.2, 0.25) is 11.8 Å². The van der Waals surface area contributed by atoms with E-state index in [0.717, 1.165) is 54.3 Å². The van der Waals surface area contributed by atoms with Gasteiger partial charge in [-0.05, 0) is 54.8 Å². The molecule has 2 amide bonds. The Balaban J connectivity index is 1.69. The molecule has 0 spiro atoms. The highest BCUT2D eigenvalue weighted by Crippen LogP contribution is 2.49. The molecule has 3 aromatic rings. The molecule has 8 heteroatoms. The van der Waals surface area contributed by atoms with Crippen LogP contribution in [0.3, 0.4) is 0 Å². The summed E-state index contributed by atoms with van der Waals surface area (Å²) >= 11 is 3.35. The van der Waals surface area contributed by atoms with Crippen molar-refractivity contribution in [2.75, 3.05) is 30.3 Å². The minimum absolute atomic E-state index is 0.0140. The van der Waals surface area contributed by atoms with Gasteiger partial charge in [-0.25, -0.2) is 4.68 Å². The topological polar surface area (TPSA) is 58.4 Å². The SMILES string of the molecule is Cc1cccc(-n2nc(C(C)(C)C)c3c2N(CC(=O)N2CCC(C)CC2)C(=O)CS[C@H]3c2cccs2)c1. The van der Waals surface area contributed by atoms with Crippen LogP contribution < -0.4 is 4.90 Å². The number of amides is 2. The lowest BCUT2D eigenvalue weighted by atomic mass is 9.88. The van der Waals surface area contributed by atoms with Crippen molar-refractivity contribution in [3.63, 3.8) is 0 Å². The summed E-state index contributed by atoms with van der Waals surface area (Å²) in [6.07, 6.45) is 2.02. The molecule has 0 unspecified atom stereocenters. The zero-order chi connectivity index (χ0) is 26.3. The Morgan fingerprint density at radius 2 is 1.89 bits per heavy atom. The van der Waals surface area contributed by atoms with E-state index in [-0.39, 0.29) is 29.0 Å². The molecule has 0 N–H and O–H groups in total. The Labute approximate surface area is 228 Å². The lowest BCUT2D eigenvalue weighted by molar-refractivity contribution is -0.132. The fourth-order valence-electron chi connectivity index (χ4n) is 5.17. The van der Waals surface area contributed by atoms with Crippen molar-refractivity contribution in [3.05, 3.63) is 63.5 Å². The molecule has 0 bridgehead atoms. The highest BCUT2D eigenvalue weighted by molar-refractivity contribution is 8.00. The summed E-state index contributed by atoms with van der Waals surface area (Å²) in [6.45, 7) is 12.4. The number of fused-ring (bicyclic) bond motifs is 1. The molecular formula is C29H36N4O2S2. The van der Waals surface area contributed by atoms with Crippen LogP contribution in [0.2, 0.25) is 0 Å². The number of thioether (sulfide) groups is 1. The van der Waals surface area contributed by atoms with E-state index in [9.17, 15) is 9.59 Å². The van der Waals surface area contributed by atoms with Gasteiger partial charge in [0.05, 0.1) is 22.4 Å². The van der Waals surface area contributed by atoms with Crippen molar-refractivity contribution in [3.8, 4) is 5.69 Å². The number of hydrogen-bond acceptors (Lipinski definition) is 5. The number of likely N-dealkylation sites (tertiary alicyclic amines) is 1. The summed E-state index contributed by atoms with van der Waals surface area (Å²) in [5.41, 5.74) is 3.79. The predicted molar refractivity (Wildman–Crippen MR) is 153 cm³/mol. The van der Waals surface area contributed by atoms with Gasteiger partial charge in [-0.15, -0.1) is 23.1 Å². The summed E-state index contributed by atoms with van der Waals surface area (Å²) in [4.78, 5) is 32.2. The zero-order valence-electron chi connectivity index (χ0n) is 22.4. The highest BCUT2D eigenvalue weighted by Gasteiger charge is 2.40. The second-order valence-corrected chi connectivity index (χ2v) is 13.4. The van der Waals surface area contributed by atoms with Crippen LogP contribution in [0.1, 0.15) is 67.5 Å². The van der Waals surface area contributed by atoms with Crippen LogP contribution in [-0.4, -0.2) is 51.9 Å². The molecule has 1 fully saturated rings. The van der Waals surface area contributed by atoms with E-state index in [4.69, 9.17) is 5.10 Å². The van der Waals surface area contributed by atoms with Gasteiger partial charge < -0.3 is 4.90 Å². The van der Waals surface area contributed by atoms with Crippen LogP contribution in [-0.2, 0) is 15.0 Å². The molecule has 1 aromatic carbocycles. The Morgan fingerprint density at radius 1 is 1.14 bits per heavy atom. The number of aromatic nitrogens is 2. The number of benzene rings is 1. The number of hydrogen-bond donors (Lipinski definition) is 0. The Bertz CT molecular complexity index is 1280. The van der Waals surface area contributed by atoms with Crippen LogP contribution >= 0.6 is 23.1 Å². The quantitative estimate of drug-likeness (QED) is 0.412. The summed E-state index contributed by atoms with van der Waals surface area (Å²) in [5, 5.41) is 7.24. The first-order valence-corrected chi connectivity index (χ1v) is 15.0. The van der Waals surface area contributed by atoms with Crippen LogP contribution in [0, 0.1) is 12.8 Å². The fourth-order valence-corrected chi connectivity index (χ4v) is 7.35. The van der Waals surface area contributed by atoms with Crippen LogP contribution in [0.4, 0.5) is 5.82 Å². The second-order valence-electron chi connectivity index (χ2n) is 11.3. The third kappa shape index (κ3) is 5.23. The maximum Gasteiger partial charge on any atom is 0.242 e.